The average Bonchev–Trinajstić information content (AvgIpc) is 3.32. The molecular weight excluding hydrogens is 436 g/mol. The van der Waals surface area contributed by atoms with Crippen LogP contribution in [-0.4, -0.2) is 37.9 Å². The van der Waals surface area contributed by atoms with Crippen molar-refractivity contribution >= 4 is 22.7 Å². The molecule has 0 amide bonds. The Hall–Kier alpha value is -3.74. The Bertz CT molecular complexity index is 1470. The number of hydrogen-bond donors (Lipinski definition) is 0. The second-order valence-electron chi connectivity index (χ2n) is 9.86. The smallest absolute Gasteiger partial charge is 0.261 e. The van der Waals surface area contributed by atoms with E-state index in [2.05, 4.69) is 46.3 Å². The van der Waals surface area contributed by atoms with E-state index in [1.165, 1.54) is 19.3 Å². The van der Waals surface area contributed by atoms with Gasteiger partial charge in [0.05, 0.1) is 29.3 Å². The number of fused-ring (bicyclic) bond motifs is 3. The van der Waals surface area contributed by atoms with Crippen molar-refractivity contribution in [1.29, 1.82) is 0 Å². The molecular formula is C28H30N6O. The highest BCUT2D eigenvalue weighted by Gasteiger charge is 2.23. The number of rotatable bonds is 4. The molecule has 0 bridgehead atoms. The first-order valence-corrected chi connectivity index (χ1v) is 12.5. The second-order valence-corrected chi connectivity index (χ2v) is 9.86. The Morgan fingerprint density at radius 3 is 2.66 bits per heavy atom. The van der Waals surface area contributed by atoms with Gasteiger partial charge in [0.1, 0.15) is 5.52 Å². The van der Waals surface area contributed by atoms with Crippen LogP contribution in [-0.2, 0) is 13.5 Å². The number of anilines is 1. The predicted molar refractivity (Wildman–Crippen MR) is 140 cm³/mol. The summed E-state index contributed by atoms with van der Waals surface area (Å²) in [5.74, 6) is 0. The van der Waals surface area contributed by atoms with Crippen LogP contribution in [0, 0.1) is 0 Å². The highest BCUT2D eigenvalue weighted by atomic mass is 16.1. The van der Waals surface area contributed by atoms with Crippen molar-refractivity contribution in [3.05, 3.63) is 76.2 Å². The molecule has 1 saturated carbocycles. The summed E-state index contributed by atoms with van der Waals surface area (Å²) < 4.78 is 3.67. The Morgan fingerprint density at radius 2 is 1.91 bits per heavy atom. The van der Waals surface area contributed by atoms with Crippen LogP contribution in [0.15, 0.2) is 54.0 Å². The third kappa shape index (κ3) is 3.95. The summed E-state index contributed by atoms with van der Waals surface area (Å²) in [6, 6.07) is 6.49. The molecule has 2 aliphatic rings. The first-order valence-electron chi connectivity index (χ1n) is 12.5. The Morgan fingerprint density at radius 1 is 1.06 bits per heavy atom. The summed E-state index contributed by atoms with van der Waals surface area (Å²) in [6.07, 6.45) is 18.3. The molecule has 0 unspecified atom stereocenters. The van der Waals surface area contributed by atoms with Gasteiger partial charge < -0.3 is 4.90 Å². The van der Waals surface area contributed by atoms with Gasteiger partial charge in [-0.1, -0.05) is 37.5 Å². The van der Waals surface area contributed by atoms with Gasteiger partial charge in [-0.3, -0.25) is 19.0 Å². The molecule has 0 radical (unpaired) electrons. The van der Waals surface area contributed by atoms with Gasteiger partial charge in [-0.15, -0.1) is 0 Å². The van der Waals surface area contributed by atoms with Crippen LogP contribution in [0.25, 0.3) is 28.2 Å². The van der Waals surface area contributed by atoms with Crippen molar-refractivity contribution in [3.63, 3.8) is 0 Å². The lowest BCUT2D eigenvalue weighted by atomic mass is 9.93. The lowest BCUT2D eigenvalue weighted by Gasteiger charge is -2.28. The first-order chi connectivity index (χ1) is 17.1. The van der Waals surface area contributed by atoms with Gasteiger partial charge in [-0.05, 0) is 42.5 Å². The zero-order valence-corrected chi connectivity index (χ0v) is 20.3. The Kier molecular flexibility index (Phi) is 5.47. The first kappa shape index (κ1) is 21.8. The summed E-state index contributed by atoms with van der Waals surface area (Å²) in [6.45, 7) is 0.806. The summed E-state index contributed by atoms with van der Waals surface area (Å²) in [5.41, 5.74) is 7.22. The van der Waals surface area contributed by atoms with E-state index >= 15 is 0 Å². The third-order valence-corrected chi connectivity index (χ3v) is 7.41. The molecule has 0 spiro atoms. The SMILES string of the molecule is CN1CC=Cc2c(Cc3ccc(-c4cnn(C)c4)nc3)cc3c(=O)n(C4CCCCC4)cnc3c21. The van der Waals surface area contributed by atoms with E-state index in [1.807, 2.05) is 36.3 Å². The molecule has 1 aromatic carbocycles. The fourth-order valence-electron chi connectivity index (χ4n) is 5.56. The predicted octanol–water partition coefficient (Wildman–Crippen LogP) is 4.75. The molecule has 1 fully saturated rings. The van der Waals surface area contributed by atoms with Crippen LogP contribution in [0.1, 0.15) is 54.8 Å². The molecule has 0 atom stereocenters. The van der Waals surface area contributed by atoms with E-state index in [0.29, 0.717) is 11.8 Å². The summed E-state index contributed by atoms with van der Waals surface area (Å²) >= 11 is 0. The molecule has 0 N–H and O–H groups in total. The van der Waals surface area contributed by atoms with Gasteiger partial charge in [0.25, 0.3) is 5.56 Å². The number of hydrogen-bond acceptors (Lipinski definition) is 5. The minimum Gasteiger partial charge on any atom is -0.369 e. The molecule has 3 aromatic heterocycles. The second kappa shape index (κ2) is 8.80. The Labute approximate surface area is 204 Å². The molecule has 6 rings (SSSR count). The maximum absolute atomic E-state index is 13.7. The van der Waals surface area contributed by atoms with Crippen molar-refractivity contribution in [2.24, 2.45) is 7.05 Å². The van der Waals surface area contributed by atoms with E-state index < -0.39 is 0 Å². The molecule has 0 saturated heterocycles. The third-order valence-electron chi connectivity index (χ3n) is 7.41. The topological polar surface area (TPSA) is 68.8 Å². The number of pyridine rings is 1. The van der Waals surface area contributed by atoms with Crippen molar-refractivity contribution in [2.45, 2.75) is 44.6 Å². The van der Waals surface area contributed by atoms with Crippen molar-refractivity contribution in [3.8, 4) is 11.3 Å². The quantitative estimate of drug-likeness (QED) is 0.434. The van der Waals surface area contributed by atoms with Crippen LogP contribution >= 0.6 is 0 Å². The normalized spacial score (nSPS) is 16.1. The molecule has 35 heavy (non-hydrogen) atoms. The fourth-order valence-corrected chi connectivity index (χ4v) is 5.56. The van der Waals surface area contributed by atoms with Crippen LogP contribution < -0.4 is 10.5 Å². The maximum atomic E-state index is 13.7. The molecule has 4 aromatic rings. The van der Waals surface area contributed by atoms with E-state index in [4.69, 9.17) is 4.98 Å². The maximum Gasteiger partial charge on any atom is 0.261 e. The molecule has 7 heteroatoms. The van der Waals surface area contributed by atoms with Crippen molar-refractivity contribution in [2.75, 3.05) is 18.5 Å². The molecule has 7 nitrogen and oxygen atoms in total. The highest BCUT2D eigenvalue weighted by Crippen LogP contribution is 2.36. The minimum absolute atomic E-state index is 0.0824. The van der Waals surface area contributed by atoms with Crippen LogP contribution in [0.4, 0.5) is 5.69 Å². The van der Waals surface area contributed by atoms with Gasteiger partial charge in [0.15, 0.2) is 0 Å². The van der Waals surface area contributed by atoms with Crippen molar-refractivity contribution < 1.29 is 0 Å². The van der Waals surface area contributed by atoms with E-state index in [-0.39, 0.29) is 11.6 Å². The van der Waals surface area contributed by atoms with Gasteiger partial charge in [-0.25, -0.2) is 4.98 Å². The van der Waals surface area contributed by atoms with Crippen molar-refractivity contribution in [1.82, 2.24) is 24.3 Å². The summed E-state index contributed by atoms with van der Waals surface area (Å²) in [5, 5.41) is 4.96. The molecule has 1 aliphatic heterocycles. The largest absolute Gasteiger partial charge is 0.369 e. The summed E-state index contributed by atoms with van der Waals surface area (Å²) in [4.78, 5) is 25.4. The number of aryl methyl sites for hydroxylation is 1. The standard InChI is InChI=1S/C28H30N6O/c1-32-12-6-9-23-20(13-19-10-11-25(29-15-19)21-16-31-33(2)17-21)14-24-26(27(23)32)30-18-34(28(24)35)22-7-4-3-5-8-22/h6,9-11,14-18,22H,3-5,7-8,12-13H2,1-2H3. The zero-order chi connectivity index (χ0) is 23.9. The lowest BCUT2D eigenvalue weighted by Crippen LogP contribution is -2.28. The average molecular weight is 467 g/mol. The monoisotopic (exact) mass is 466 g/mol. The Balaban J connectivity index is 1.43. The van der Waals surface area contributed by atoms with Crippen LogP contribution in [0.3, 0.4) is 0 Å². The van der Waals surface area contributed by atoms with Crippen LogP contribution in [0.5, 0.6) is 0 Å². The number of benzene rings is 1. The van der Waals surface area contributed by atoms with Gasteiger partial charge in [0, 0.05) is 50.2 Å². The van der Waals surface area contributed by atoms with Gasteiger partial charge in [0.2, 0.25) is 0 Å². The minimum atomic E-state index is 0.0824. The van der Waals surface area contributed by atoms with E-state index in [1.54, 1.807) is 11.0 Å². The molecule has 4 heterocycles. The van der Waals surface area contributed by atoms with Crippen LogP contribution in [0.2, 0.25) is 0 Å². The highest BCUT2D eigenvalue weighted by molar-refractivity contribution is 5.97. The van der Waals surface area contributed by atoms with Gasteiger partial charge >= 0.3 is 0 Å². The molecule has 178 valence electrons. The zero-order valence-electron chi connectivity index (χ0n) is 20.3. The van der Waals surface area contributed by atoms with Gasteiger partial charge in [-0.2, -0.15) is 5.10 Å². The number of aromatic nitrogens is 5. The molecule has 1 aliphatic carbocycles. The number of likely N-dealkylation sites (N-methyl/N-ethyl adjacent to an activating group) is 1. The fraction of sp³-hybridized carbons (Fsp3) is 0.357. The number of nitrogens with zero attached hydrogens (tertiary/aromatic N) is 6. The lowest BCUT2D eigenvalue weighted by molar-refractivity contribution is 0.345. The van der Waals surface area contributed by atoms with E-state index in [9.17, 15) is 4.79 Å². The van der Waals surface area contributed by atoms with E-state index in [0.717, 1.165) is 58.5 Å². The summed E-state index contributed by atoms with van der Waals surface area (Å²) in [7, 11) is 3.98.